The molecule has 0 aliphatic carbocycles. The van der Waals surface area contributed by atoms with Crippen molar-refractivity contribution in [2.75, 3.05) is 77.5 Å². The summed E-state index contributed by atoms with van der Waals surface area (Å²) in [6.07, 6.45) is 4.34. The Hall–Kier alpha value is -1.13. The standard InChI is InChI=1S/C21H36N6O.HI/c1-3-22-21(24-18-19-7-10-25(11-8-19)16-17-28-2)27-14-12-26(13-15-27)20-6-4-5-9-23-20;/h4-6,9,19H,3,7-8,10-18H2,1-2H3,(H,22,24);1H. The molecule has 0 saturated carbocycles. The van der Waals surface area contributed by atoms with E-state index in [-0.39, 0.29) is 24.0 Å². The van der Waals surface area contributed by atoms with Gasteiger partial charge in [0.2, 0.25) is 0 Å². The molecule has 0 unspecified atom stereocenters. The van der Waals surface area contributed by atoms with E-state index in [4.69, 9.17) is 9.73 Å². The first-order chi connectivity index (χ1) is 13.8. The predicted molar refractivity (Wildman–Crippen MR) is 130 cm³/mol. The van der Waals surface area contributed by atoms with Crippen LogP contribution in [0.1, 0.15) is 19.8 Å². The smallest absolute Gasteiger partial charge is 0.194 e. The van der Waals surface area contributed by atoms with E-state index in [2.05, 4.69) is 44.1 Å². The van der Waals surface area contributed by atoms with Crippen LogP contribution in [0.3, 0.4) is 0 Å². The van der Waals surface area contributed by atoms with Gasteiger partial charge in [-0.3, -0.25) is 4.99 Å². The number of likely N-dealkylation sites (tertiary alicyclic amines) is 1. The molecule has 1 N–H and O–H groups in total. The molecule has 1 aromatic heterocycles. The highest BCUT2D eigenvalue weighted by Crippen LogP contribution is 2.18. The van der Waals surface area contributed by atoms with Crippen LogP contribution >= 0.6 is 24.0 Å². The fraction of sp³-hybridized carbons (Fsp3) is 0.714. The number of ether oxygens (including phenoxy) is 1. The average molecular weight is 516 g/mol. The second-order valence-electron chi connectivity index (χ2n) is 7.63. The van der Waals surface area contributed by atoms with E-state index in [0.29, 0.717) is 5.92 Å². The molecule has 2 aliphatic rings. The normalized spacial score (nSPS) is 19.2. The number of halogens is 1. The molecule has 2 fully saturated rings. The van der Waals surface area contributed by atoms with Crippen molar-refractivity contribution >= 4 is 35.8 Å². The van der Waals surface area contributed by atoms with Crippen molar-refractivity contribution in [2.24, 2.45) is 10.9 Å². The van der Waals surface area contributed by atoms with Gasteiger partial charge in [-0.25, -0.2) is 4.98 Å². The zero-order chi connectivity index (χ0) is 19.6. The van der Waals surface area contributed by atoms with Gasteiger partial charge >= 0.3 is 0 Å². The summed E-state index contributed by atoms with van der Waals surface area (Å²) in [6, 6.07) is 6.12. The highest BCUT2D eigenvalue weighted by Gasteiger charge is 2.22. The molecule has 8 heteroatoms. The molecule has 0 amide bonds. The van der Waals surface area contributed by atoms with Gasteiger partial charge in [0.25, 0.3) is 0 Å². The van der Waals surface area contributed by atoms with Crippen LogP contribution in [0.5, 0.6) is 0 Å². The number of piperazine rings is 1. The van der Waals surface area contributed by atoms with Gasteiger partial charge in [-0.1, -0.05) is 6.07 Å². The Morgan fingerprint density at radius 2 is 1.93 bits per heavy atom. The van der Waals surface area contributed by atoms with Crippen molar-refractivity contribution in [2.45, 2.75) is 19.8 Å². The monoisotopic (exact) mass is 516 g/mol. The number of aliphatic imine (C=N–C) groups is 1. The van der Waals surface area contributed by atoms with E-state index in [1.807, 2.05) is 12.3 Å². The molecule has 2 saturated heterocycles. The number of anilines is 1. The van der Waals surface area contributed by atoms with E-state index in [0.717, 1.165) is 64.2 Å². The van der Waals surface area contributed by atoms with Gasteiger partial charge in [-0.15, -0.1) is 24.0 Å². The molecular weight excluding hydrogens is 479 g/mol. The Bertz CT molecular complexity index is 586. The summed E-state index contributed by atoms with van der Waals surface area (Å²) in [4.78, 5) is 16.7. The van der Waals surface area contributed by atoms with Crippen LogP contribution in [0.15, 0.2) is 29.4 Å². The van der Waals surface area contributed by atoms with Crippen LogP contribution in [0, 0.1) is 5.92 Å². The molecule has 0 bridgehead atoms. The van der Waals surface area contributed by atoms with Crippen LogP contribution < -0.4 is 10.2 Å². The maximum absolute atomic E-state index is 5.20. The number of nitrogens with zero attached hydrogens (tertiary/aromatic N) is 5. The molecule has 3 rings (SSSR count). The molecule has 164 valence electrons. The number of nitrogens with one attached hydrogen (secondary N) is 1. The van der Waals surface area contributed by atoms with Gasteiger partial charge in [-0.05, 0) is 50.9 Å². The average Bonchev–Trinajstić information content (AvgIpc) is 2.77. The zero-order valence-corrected chi connectivity index (χ0v) is 20.3. The van der Waals surface area contributed by atoms with E-state index < -0.39 is 0 Å². The Kier molecular flexibility index (Phi) is 11.0. The number of piperidine rings is 1. The Morgan fingerprint density at radius 1 is 1.17 bits per heavy atom. The summed E-state index contributed by atoms with van der Waals surface area (Å²) < 4.78 is 5.20. The number of hydrogen-bond acceptors (Lipinski definition) is 5. The second kappa shape index (κ2) is 13.2. The third-order valence-corrected chi connectivity index (χ3v) is 5.71. The van der Waals surface area contributed by atoms with E-state index in [1.54, 1.807) is 7.11 Å². The van der Waals surface area contributed by atoms with Gasteiger partial charge in [0.1, 0.15) is 5.82 Å². The van der Waals surface area contributed by atoms with Crippen LogP contribution in [0.25, 0.3) is 0 Å². The lowest BCUT2D eigenvalue weighted by molar-refractivity contribution is 0.121. The van der Waals surface area contributed by atoms with Crippen molar-refractivity contribution in [1.82, 2.24) is 20.1 Å². The highest BCUT2D eigenvalue weighted by atomic mass is 127. The van der Waals surface area contributed by atoms with Gasteiger partial charge < -0.3 is 24.8 Å². The molecule has 0 spiro atoms. The van der Waals surface area contributed by atoms with Crippen LogP contribution in [0.4, 0.5) is 5.82 Å². The second-order valence-corrected chi connectivity index (χ2v) is 7.63. The summed E-state index contributed by atoms with van der Waals surface area (Å²) in [5.74, 6) is 2.84. The first kappa shape index (κ1) is 24.1. The summed E-state index contributed by atoms with van der Waals surface area (Å²) >= 11 is 0. The van der Waals surface area contributed by atoms with E-state index in [1.165, 1.54) is 25.9 Å². The topological polar surface area (TPSA) is 56.2 Å². The Morgan fingerprint density at radius 3 is 2.55 bits per heavy atom. The van der Waals surface area contributed by atoms with Gasteiger partial charge in [0, 0.05) is 59.1 Å². The lowest BCUT2D eigenvalue weighted by Gasteiger charge is -2.37. The molecular formula is C21H37IN6O. The van der Waals surface area contributed by atoms with Crippen molar-refractivity contribution in [3.05, 3.63) is 24.4 Å². The molecule has 29 heavy (non-hydrogen) atoms. The minimum Gasteiger partial charge on any atom is -0.383 e. The third kappa shape index (κ3) is 7.57. The Labute approximate surface area is 192 Å². The van der Waals surface area contributed by atoms with Crippen molar-refractivity contribution < 1.29 is 4.74 Å². The van der Waals surface area contributed by atoms with Gasteiger partial charge in [0.05, 0.1) is 6.61 Å². The molecule has 0 radical (unpaired) electrons. The maximum Gasteiger partial charge on any atom is 0.194 e. The van der Waals surface area contributed by atoms with Crippen molar-refractivity contribution in [3.8, 4) is 0 Å². The molecule has 0 atom stereocenters. The predicted octanol–water partition coefficient (Wildman–Crippen LogP) is 2.15. The first-order valence-corrected chi connectivity index (χ1v) is 10.7. The van der Waals surface area contributed by atoms with Crippen LogP contribution in [-0.2, 0) is 4.74 Å². The highest BCUT2D eigenvalue weighted by molar-refractivity contribution is 14.0. The number of methoxy groups -OCH3 is 1. The number of hydrogen-bond donors (Lipinski definition) is 1. The molecule has 7 nitrogen and oxygen atoms in total. The Balaban J connectivity index is 0.00000300. The minimum absolute atomic E-state index is 0. The summed E-state index contributed by atoms with van der Waals surface area (Å²) in [5.41, 5.74) is 0. The van der Waals surface area contributed by atoms with E-state index >= 15 is 0 Å². The zero-order valence-electron chi connectivity index (χ0n) is 17.9. The molecule has 3 heterocycles. The van der Waals surface area contributed by atoms with E-state index in [9.17, 15) is 0 Å². The van der Waals surface area contributed by atoms with Gasteiger partial charge in [0.15, 0.2) is 5.96 Å². The number of pyridine rings is 1. The molecule has 0 aromatic carbocycles. The quantitative estimate of drug-likeness (QED) is 0.341. The number of guanidine groups is 1. The van der Waals surface area contributed by atoms with Gasteiger partial charge in [-0.2, -0.15) is 0 Å². The van der Waals surface area contributed by atoms with Crippen LogP contribution in [-0.4, -0.2) is 93.4 Å². The van der Waals surface area contributed by atoms with Crippen LogP contribution in [0.2, 0.25) is 0 Å². The first-order valence-electron chi connectivity index (χ1n) is 10.7. The number of aromatic nitrogens is 1. The number of rotatable bonds is 7. The summed E-state index contributed by atoms with van der Waals surface area (Å²) in [5, 5.41) is 3.50. The third-order valence-electron chi connectivity index (χ3n) is 5.71. The maximum atomic E-state index is 5.20. The molecule has 1 aromatic rings. The lowest BCUT2D eigenvalue weighted by atomic mass is 9.97. The largest absolute Gasteiger partial charge is 0.383 e. The van der Waals surface area contributed by atoms with Crippen molar-refractivity contribution in [1.29, 1.82) is 0 Å². The fourth-order valence-electron chi connectivity index (χ4n) is 3.94. The fourth-order valence-corrected chi connectivity index (χ4v) is 3.94. The van der Waals surface area contributed by atoms with Crippen molar-refractivity contribution in [3.63, 3.8) is 0 Å². The molecule has 2 aliphatic heterocycles. The summed E-state index contributed by atoms with van der Waals surface area (Å²) in [7, 11) is 1.78. The SMILES string of the molecule is CCNC(=NCC1CCN(CCOC)CC1)N1CCN(c2ccccn2)CC1.I. The lowest BCUT2D eigenvalue weighted by Crippen LogP contribution is -2.53. The summed E-state index contributed by atoms with van der Waals surface area (Å²) in [6.45, 7) is 12.1. The minimum atomic E-state index is 0.